The average Bonchev–Trinajstić information content (AvgIpc) is 1.88. The van der Waals surface area contributed by atoms with Crippen molar-refractivity contribution in [3.63, 3.8) is 0 Å². The van der Waals surface area contributed by atoms with Crippen molar-refractivity contribution in [2.75, 3.05) is 13.6 Å². The van der Waals surface area contributed by atoms with E-state index in [1.165, 1.54) is 0 Å². The molecule has 0 fully saturated rings. The fraction of sp³-hybridized carbons (Fsp3) is 1.00. The highest BCUT2D eigenvalue weighted by Crippen LogP contribution is 2.10. The molecule has 0 aliphatic carbocycles. The van der Waals surface area contributed by atoms with Gasteiger partial charge in [-0.3, -0.25) is 4.90 Å². The Hall–Kier alpha value is -0.0800. The lowest BCUT2D eigenvalue weighted by molar-refractivity contribution is 0.159. The van der Waals surface area contributed by atoms with Crippen LogP contribution in [0.1, 0.15) is 27.7 Å². The van der Waals surface area contributed by atoms with Crippen LogP contribution in [-0.4, -0.2) is 30.6 Å². The van der Waals surface area contributed by atoms with E-state index in [0.29, 0.717) is 18.0 Å². The van der Waals surface area contributed by atoms with Crippen molar-refractivity contribution >= 4 is 0 Å². The molecular weight excluding hydrogens is 136 g/mol. The zero-order chi connectivity index (χ0) is 9.02. The van der Waals surface area contributed by atoms with E-state index in [-0.39, 0.29) is 0 Å². The van der Waals surface area contributed by atoms with Crippen molar-refractivity contribution in [1.82, 2.24) is 4.90 Å². The molecule has 0 rings (SSSR count). The first kappa shape index (κ1) is 10.9. The van der Waals surface area contributed by atoms with E-state index in [4.69, 9.17) is 5.73 Å². The molecular formula is C9H22N2. The highest BCUT2D eigenvalue weighted by molar-refractivity contribution is 4.74. The topological polar surface area (TPSA) is 29.3 Å². The summed E-state index contributed by atoms with van der Waals surface area (Å²) < 4.78 is 0. The molecule has 0 amide bonds. The second-order valence-electron chi connectivity index (χ2n) is 3.81. The van der Waals surface area contributed by atoms with Crippen molar-refractivity contribution in [2.45, 2.75) is 39.8 Å². The molecule has 0 saturated heterocycles. The van der Waals surface area contributed by atoms with Gasteiger partial charge in [-0.05, 0) is 26.8 Å². The Morgan fingerprint density at radius 2 is 1.64 bits per heavy atom. The van der Waals surface area contributed by atoms with Gasteiger partial charge in [0.15, 0.2) is 0 Å². The van der Waals surface area contributed by atoms with Crippen molar-refractivity contribution in [3.8, 4) is 0 Å². The van der Waals surface area contributed by atoms with Gasteiger partial charge in [0.05, 0.1) is 0 Å². The summed E-state index contributed by atoms with van der Waals surface area (Å²) in [4.78, 5) is 2.34. The molecule has 2 nitrogen and oxygen atoms in total. The third-order valence-electron chi connectivity index (χ3n) is 2.35. The maximum atomic E-state index is 5.67. The molecule has 0 aliphatic rings. The molecule has 0 heterocycles. The first-order chi connectivity index (χ1) is 5.00. The van der Waals surface area contributed by atoms with Crippen molar-refractivity contribution in [2.24, 2.45) is 11.7 Å². The van der Waals surface area contributed by atoms with Gasteiger partial charge in [-0.2, -0.15) is 0 Å². The number of likely N-dealkylation sites (N-methyl/N-ethyl adjacent to an activating group) is 1. The van der Waals surface area contributed by atoms with Crippen LogP contribution in [0.15, 0.2) is 0 Å². The normalized spacial score (nSPS) is 15.0. The molecule has 0 saturated carbocycles. The zero-order valence-electron chi connectivity index (χ0n) is 8.46. The standard InChI is InChI=1S/C9H22N2/c1-7(2)9(6-10)11(5)8(3)4/h7-9H,6,10H2,1-5H3. The molecule has 1 atom stereocenters. The van der Waals surface area contributed by atoms with Crippen molar-refractivity contribution in [1.29, 1.82) is 0 Å². The minimum Gasteiger partial charge on any atom is -0.329 e. The summed E-state index contributed by atoms with van der Waals surface area (Å²) in [6.45, 7) is 9.59. The second-order valence-corrected chi connectivity index (χ2v) is 3.81. The fourth-order valence-electron chi connectivity index (χ4n) is 1.29. The van der Waals surface area contributed by atoms with Crippen LogP contribution in [0.4, 0.5) is 0 Å². The minimum atomic E-state index is 0.523. The monoisotopic (exact) mass is 158 g/mol. The Balaban J connectivity index is 4.02. The average molecular weight is 158 g/mol. The Labute approximate surface area is 70.8 Å². The van der Waals surface area contributed by atoms with E-state index in [1.54, 1.807) is 0 Å². The van der Waals surface area contributed by atoms with E-state index in [2.05, 4.69) is 39.6 Å². The van der Waals surface area contributed by atoms with Gasteiger partial charge < -0.3 is 5.73 Å². The lowest BCUT2D eigenvalue weighted by Crippen LogP contribution is -2.45. The number of hydrogen-bond acceptors (Lipinski definition) is 2. The molecule has 68 valence electrons. The Morgan fingerprint density at radius 3 is 1.73 bits per heavy atom. The predicted octanol–water partition coefficient (Wildman–Crippen LogP) is 1.31. The van der Waals surface area contributed by atoms with E-state index in [0.717, 1.165) is 6.54 Å². The van der Waals surface area contributed by atoms with Crippen LogP contribution in [0, 0.1) is 5.92 Å². The Morgan fingerprint density at radius 1 is 1.18 bits per heavy atom. The van der Waals surface area contributed by atoms with Crippen molar-refractivity contribution in [3.05, 3.63) is 0 Å². The first-order valence-electron chi connectivity index (χ1n) is 4.42. The number of rotatable bonds is 4. The smallest absolute Gasteiger partial charge is 0.0241 e. The SMILES string of the molecule is CC(C)C(CN)N(C)C(C)C. The lowest BCUT2D eigenvalue weighted by atomic mass is 10.0. The van der Waals surface area contributed by atoms with Crippen LogP contribution in [0.5, 0.6) is 0 Å². The summed E-state index contributed by atoms with van der Waals surface area (Å²) >= 11 is 0. The first-order valence-corrected chi connectivity index (χ1v) is 4.42. The molecule has 0 aromatic heterocycles. The zero-order valence-corrected chi connectivity index (χ0v) is 8.46. The minimum absolute atomic E-state index is 0.523. The lowest BCUT2D eigenvalue weighted by Gasteiger charge is -2.33. The van der Waals surface area contributed by atoms with E-state index in [1.807, 2.05) is 0 Å². The Kier molecular flexibility index (Phi) is 4.69. The van der Waals surface area contributed by atoms with Crippen molar-refractivity contribution < 1.29 is 0 Å². The summed E-state index contributed by atoms with van der Waals surface area (Å²) in [6.07, 6.45) is 0. The van der Waals surface area contributed by atoms with Gasteiger partial charge in [0.1, 0.15) is 0 Å². The highest BCUT2D eigenvalue weighted by atomic mass is 15.2. The quantitative estimate of drug-likeness (QED) is 0.668. The molecule has 0 aliphatic heterocycles. The molecule has 11 heavy (non-hydrogen) atoms. The van der Waals surface area contributed by atoms with Crippen LogP contribution >= 0.6 is 0 Å². The molecule has 0 radical (unpaired) electrons. The van der Waals surface area contributed by atoms with Gasteiger partial charge in [-0.15, -0.1) is 0 Å². The van der Waals surface area contributed by atoms with Gasteiger partial charge in [0, 0.05) is 18.6 Å². The molecule has 0 bridgehead atoms. The summed E-state index contributed by atoms with van der Waals surface area (Å²) in [6, 6.07) is 1.11. The molecule has 2 N–H and O–H groups in total. The molecule has 2 heteroatoms. The van der Waals surface area contributed by atoms with E-state index < -0.39 is 0 Å². The van der Waals surface area contributed by atoms with Crippen LogP contribution in [-0.2, 0) is 0 Å². The van der Waals surface area contributed by atoms with Crippen LogP contribution in [0.3, 0.4) is 0 Å². The molecule has 1 unspecified atom stereocenters. The van der Waals surface area contributed by atoms with Crippen LogP contribution < -0.4 is 5.73 Å². The predicted molar refractivity (Wildman–Crippen MR) is 50.6 cm³/mol. The largest absolute Gasteiger partial charge is 0.329 e. The third kappa shape index (κ3) is 3.21. The summed E-state index contributed by atoms with van der Waals surface area (Å²) in [5, 5.41) is 0. The number of hydrogen-bond donors (Lipinski definition) is 1. The van der Waals surface area contributed by atoms with Gasteiger partial charge in [0.25, 0.3) is 0 Å². The van der Waals surface area contributed by atoms with Gasteiger partial charge in [-0.25, -0.2) is 0 Å². The molecule has 0 aromatic carbocycles. The van der Waals surface area contributed by atoms with Crippen LogP contribution in [0.2, 0.25) is 0 Å². The highest BCUT2D eigenvalue weighted by Gasteiger charge is 2.18. The van der Waals surface area contributed by atoms with Gasteiger partial charge in [-0.1, -0.05) is 13.8 Å². The van der Waals surface area contributed by atoms with E-state index in [9.17, 15) is 0 Å². The summed E-state index contributed by atoms with van der Waals surface area (Å²) in [7, 11) is 2.14. The maximum Gasteiger partial charge on any atom is 0.0241 e. The summed E-state index contributed by atoms with van der Waals surface area (Å²) in [5.74, 6) is 0.646. The summed E-state index contributed by atoms with van der Waals surface area (Å²) in [5.41, 5.74) is 5.67. The van der Waals surface area contributed by atoms with Gasteiger partial charge in [0.2, 0.25) is 0 Å². The Bertz CT molecular complexity index is 99.7. The number of nitrogens with zero attached hydrogens (tertiary/aromatic N) is 1. The molecule has 0 aromatic rings. The molecule has 0 spiro atoms. The fourth-order valence-corrected chi connectivity index (χ4v) is 1.29. The van der Waals surface area contributed by atoms with E-state index >= 15 is 0 Å². The third-order valence-corrected chi connectivity index (χ3v) is 2.35. The second kappa shape index (κ2) is 4.73. The van der Waals surface area contributed by atoms with Crippen LogP contribution in [0.25, 0.3) is 0 Å². The maximum absolute atomic E-state index is 5.67. The van der Waals surface area contributed by atoms with Gasteiger partial charge >= 0.3 is 0 Å². The number of nitrogens with two attached hydrogens (primary N) is 1.